The first-order chi connectivity index (χ1) is 13.8. The van der Waals surface area contributed by atoms with Gasteiger partial charge in [0.25, 0.3) is 0 Å². The van der Waals surface area contributed by atoms with Gasteiger partial charge < -0.3 is 10.6 Å². The Morgan fingerprint density at radius 3 is 2.41 bits per heavy atom. The van der Waals surface area contributed by atoms with Crippen molar-refractivity contribution < 1.29 is 0 Å². The highest BCUT2D eigenvalue weighted by Gasteiger charge is 2.11. The van der Waals surface area contributed by atoms with E-state index >= 15 is 0 Å². The molecule has 1 aromatic heterocycles. The SMILES string of the molecule is CCNC(=NCc1ccccc1CN1CCCCCC1)NCc1ccnn1C.I. The molecule has 1 aliphatic rings. The number of likely N-dealkylation sites (tertiary alicyclic amines) is 1. The molecule has 6 nitrogen and oxygen atoms in total. The molecule has 160 valence electrons. The summed E-state index contributed by atoms with van der Waals surface area (Å²) in [6.45, 7) is 7.79. The van der Waals surface area contributed by atoms with E-state index in [1.54, 1.807) is 0 Å². The molecule has 2 N–H and O–H groups in total. The van der Waals surface area contributed by atoms with Gasteiger partial charge in [-0.05, 0) is 50.0 Å². The minimum Gasteiger partial charge on any atom is -0.357 e. The summed E-state index contributed by atoms with van der Waals surface area (Å²) in [4.78, 5) is 7.43. The highest BCUT2D eigenvalue weighted by molar-refractivity contribution is 14.0. The summed E-state index contributed by atoms with van der Waals surface area (Å²) < 4.78 is 1.88. The van der Waals surface area contributed by atoms with Gasteiger partial charge in [0.15, 0.2) is 5.96 Å². The van der Waals surface area contributed by atoms with Crippen molar-refractivity contribution >= 4 is 29.9 Å². The molecular weight excluding hydrogens is 475 g/mol. The van der Waals surface area contributed by atoms with E-state index in [1.165, 1.54) is 49.9 Å². The summed E-state index contributed by atoms with van der Waals surface area (Å²) in [5, 5.41) is 11.0. The Morgan fingerprint density at radius 1 is 1.03 bits per heavy atom. The van der Waals surface area contributed by atoms with E-state index in [1.807, 2.05) is 24.0 Å². The zero-order chi connectivity index (χ0) is 19.6. The average molecular weight is 510 g/mol. The average Bonchev–Trinajstić information content (AvgIpc) is 2.95. The number of benzene rings is 1. The van der Waals surface area contributed by atoms with Crippen molar-refractivity contribution in [3.8, 4) is 0 Å². The van der Waals surface area contributed by atoms with E-state index < -0.39 is 0 Å². The van der Waals surface area contributed by atoms with Gasteiger partial charge in [0.2, 0.25) is 0 Å². The number of aromatic nitrogens is 2. The first-order valence-corrected chi connectivity index (χ1v) is 10.5. The number of halogens is 1. The van der Waals surface area contributed by atoms with Gasteiger partial charge in [-0.15, -0.1) is 24.0 Å². The van der Waals surface area contributed by atoms with E-state index in [4.69, 9.17) is 4.99 Å². The molecule has 1 aromatic carbocycles. The van der Waals surface area contributed by atoms with Crippen molar-refractivity contribution in [1.82, 2.24) is 25.3 Å². The van der Waals surface area contributed by atoms with Crippen LogP contribution in [0, 0.1) is 0 Å². The third-order valence-electron chi connectivity index (χ3n) is 5.32. The molecule has 0 bridgehead atoms. The monoisotopic (exact) mass is 510 g/mol. The molecule has 2 aromatic rings. The van der Waals surface area contributed by atoms with Crippen molar-refractivity contribution in [3.63, 3.8) is 0 Å². The lowest BCUT2D eigenvalue weighted by atomic mass is 10.1. The van der Waals surface area contributed by atoms with Gasteiger partial charge in [-0.2, -0.15) is 5.10 Å². The Morgan fingerprint density at radius 2 is 1.76 bits per heavy atom. The lowest BCUT2D eigenvalue weighted by molar-refractivity contribution is 0.276. The van der Waals surface area contributed by atoms with Crippen LogP contribution in [0.4, 0.5) is 0 Å². The molecule has 2 heterocycles. The fourth-order valence-corrected chi connectivity index (χ4v) is 3.66. The molecule has 3 rings (SSSR count). The van der Waals surface area contributed by atoms with E-state index in [2.05, 4.69) is 51.8 Å². The number of nitrogens with one attached hydrogen (secondary N) is 2. The van der Waals surface area contributed by atoms with Crippen LogP contribution >= 0.6 is 24.0 Å². The molecular formula is C22H35IN6. The number of guanidine groups is 1. The first-order valence-electron chi connectivity index (χ1n) is 10.5. The maximum Gasteiger partial charge on any atom is 0.191 e. The smallest absolute Gasteiger partial charge is 0.191 e. The second-order valence-electron chi connectivity index (χ2n) is 7.45. The lowest BCUT2D eigenvalue weighted by Crippen LogP contribution is -2.37. The van der Waals surface area contributed by atoms with Crippen LogP contribution in [-0.2, 0) is 26.7 Å². The number of nitrogens with zero attached hydrogens (tertiary/aromatic N) is 4. The van der Waals surface area contributed by atoms with Crippen molar-refractivity contribution in [1.29, 1.82) is 0 Å². The second-order valence-corrected chi connectivity index (χ2v) is 7.45. The van der Waals surface area contributed by atoms with Gasteiger partial charge in [-0.25, -0.2) is 4.99 Å². The predicted octanol–water partition coefficient (Wildman–Crippen LogP) is 3.67. The highest BCUT2D eigenvalue weighted by atomic mass is 127. The molecule has 7 heteroatoms. The first kappa shape index (κ1) is 23.7. The molecule has 1 aliphatic heterocycles. The molecule has 1 saturated heterocycles. The van der Waals surface area contributed by atoms with Gasteiger partial charge in [-0.1, -0.05) is 37.1 Å². The number of hydrogen-bond donors (Lipinski definition) is 2. The number of hydrogen-bond acceptors (Lipinski definition) is 3. The largest absolute Gasteiger partial charge is 0.357 e. The molecule has 1 fully saturated rings. The Hall–Kier alpha value is -1.61. The molecule has 0 aliphatic carbocycles. The number of aryl methyl sites for hydroxylation is 1. The summed E-state index contributed by atoms with van der Waals surface area (Å²) in [6.07, 6.45) is 7.21. The second kappa shape index (κ2) is 12.8. The Kier molecular flexibility index (Phi) is 10.5. The van der Waals surface area contributed by atoms with Crippen LogP contribution in [0.3, 0.4) is 0 Å². The van der Waals surface area contributed by atoms with Crippen molar-refractivity contribution in [2.45, 2.75) is 52.2 Å². The fraction of sp³-hybridized carbons (Fsp3) is 0.545. The zero-order valence-corrected chi connectivity index (χ0v) is 20.1. The Labute approximate surface area is 192 Å². The molecule has 0 saturated carbocycles. The Balaban J connectivity index is 0.00000300. The molecule has 0 atom stereocenters. The van der Waals surface area contributed by atoms with Crippen molar-refractivity contribution in [3.05, 3.63) is 53.3 Å². The highest BCUT2D eigenvalue weighted by Crippen LogP contribution is 2.17. The summed E-state index contributed by atoms with van der Waals surface area (Å²) >= 11 is 0. The molecule has 29 heavy (non-hydrogen) atoms. The summed E-state index contributed by atoms with van der Waals surface area (Å²) in [6, 6.07) is 10.7. The molecule has 0 spiro atoms. The quantitative estimate of drug-likeness (QED) is 0.339. The maximum atomic E-state index is 4.83. The van der Waals surface area contributed by atoms with Gasteiger partial charge in [0.1, 0.15) is 0 Å². The molecule has 0 unspecified atom stereocenters. The maximum absolute atomic E-state index is 4.83. The van der Waals surface area contributed by atoms with Gasteiger partial charge in [0.05, 0.1) is 18.8 Å². The van der Waals surface area contributed by atoms with E-state index in [0.717, 1.165) is 24.7 Å². The van der Waals surface area contributed by atoms with Crippen LogP contribution in [0.5, 0.6) is 0 Å². The summed E-state index contributed by atoms with van der Waals surface area (Å²) in [5.41, 5.74) is 3.84. The van der Waals surface area contributed by atoms with Gasteiger partial charge >= 0.3 is 0 Å². The predicted molar refractivity (Wildman–Crippen MR) is 130 cm³/mol. The van der Waals surface area contributed by atoms with Gasteiger partial charge in [0, 0.05) is 26.3 Å². The minimum atomic E-state index is 0. The topological polar surface area (TPSA) is 57.5 Å². The van der Waals surface area contributed by atoms with Crippen LogP contribution in [0.1, 0.15) is 49.4 Å². The third kappa shape index (κ3) is 7.62. The van der Waals surface area contributed by atoms with E-state index in [0.29, 0.717) is 13.1 Å². The fourth-order valence-electron chi connectivity index (χ4n) is 3.66. The summed E-state index contributed by atoms with van der Waals surface area (Å²) in [7, 11) is 1.96. The minimum absolute atomic E-state index is 0. The van der Waals surface area contributed by atoms with Crippen LogP contribution < -0.4 is 10.6 Å². The third-order valence-corrected chi connectivity index (χ3v) is 5.32. The standard InChI is InChI=1S/C22H34N6.HI/c1-3-23-22(25-17-21-12-13-26-27(21)2)24-16-19-10-6-7-11-20(19)18-28-14-8-4-5-9-15-28;/h6-7,10-13H,3-5,8-9,14-18H2,1-2H3,(H2,23,24,25);1H. The Bertz CT molecular complexity index is 749. The van der Waals surface area contributed by atoms with Gasteiger partial charge in [-0.3, -0.25) is 9.58 Å². The molecule has 0 radical (unpaired) electrons. The molecule has 0 amide bonds. The van der Waals surface area contributed by atoms with Crippen LogP contribution in [0.15, 0.2) is 41.5 Å². The normalized spacial score (nSPS) is 15.4. The number of aliphatic imine (C=N–C) groups is 1. The number of rotatable bonds is 7. The van der Waals surface area contributed by atoms with Crippen molar-refractivity contribution in [2.75, 3.05) is 19.6 Å². The van der Waals surface area contributed by atoms with Crippen LogP contribution in [0.25, 0.3) is 0 Å². The lowest BCUT2D eigenvalue weighted by Gasteiger charge is -2.21. The van der Waals surface area contributed by atoms with Crippen LogP contribution in [-0.4, -0.2) is 40.3 Å². The van der Waals surface area contributed by atoms with E-state index in [-0.39, 0.29) is 24.0 Å². The van der Waals surface area contributed by atoms with Crippen molar-refractivity contribution in [2.24, 2.45) is 12.0 Å². The summed E-state index contributed by atoms with van der Waals surface area (Å²) in [5.74, 6) is 0.841. The van der Waals surface area contributed by atoms with Crippen LogP contribution in [0.2, 0.25) is 0 Å². The zero-order valence-electron chi connectivity index (χ0n) is 17.7. The van der Waals surface area contributed by atoms with E-state index in [9.17, 15) is 0 Å².